The molecule has 24 heavy (non-hydrogen) atoms. The van der Waals surface area contributed by atoms with Crippen LogP contribution in [0.3, 0.4) is 0 Å². The van der Waals surface area contributed by atoms with Gasteiger partial charge in [0.05, 0.1) is 16.3 Å². The first-order chi connectivity index (χ1) is 11.7. The molecule has 2 aliphatic rings. The Hall–Kier alpha value is -1.85. The minimum Gasteiger partial charge on any atom is -0.367 e. The molecule has 0 radical (unpaired) electrons. The Morgan fingerprint density at radius 2 is 1.92 bits per heavy atom. The van der Waals surface area contributed by atoms with E-state index in [1.54, 1.807) is 11.3 Å². The zero-order valence-corrected chi connectivity index (χ0v) is 14.9. The van der Waals surface area contributed by atoms with Gasteiger partial charge in [0.1, 0.15) is 0 Å². The number of benzene rings is 1. The summed E-state index contributed by atoms with van der Waals surface area (Å²) in [6, 6.07) is 10.2. The number of hydrogen-bond acceptors (Lipinski definition) is 4. The summed E-state index contributed by atoms with van der Waals surface area (Å²) in [5, 5.41) is 3.14. The predicted molar refractivity (Wildman–Crippen MR) is 100 cm³/mol. The number of hydrogen-bond donors (Lipinski definition) is 1. The summed E-state index contributed by atoms with van der Waals surface area (Å²) < 4.78 is 0. The van der Waals surface area contributed by atoms with Crippen LogP contribution in [0.1, 0.15) is 26.5 Å². The molecule has 2 aromatic rings. The fraction of sp³-hybridized carbons (Fsp3) is 0.421. The Morgan fingerprint density at radius 1 is 1.12 bits per heavy atom. The zero-order chi connectivity index (χ0) is 16.5. The van der Waals surface area contributed by atoms with Gasteiger partial charge in [-0.2, -0.15) is 0 Å². The van der Waals surface area contributed by atoms with Crippen molar-refractivity contribution >= 4 is 28.6 Å². The largest absolute Gasteiger partial charge is 0.367 e. The van der Waals surface area contributed by atoms with Crippen LogP contribution in [0.15, 0.2) is 30.3 Å². The summed E-state index contributed by atoms with van der Waals surface area (Å²) in [5.41, 5.74) is 3.42. The number of carbonyl (C=O) groups is 1. The number of thiophene rings is 1. The van der Waals surface area contributed by atoms with Gasteiger partial charge in [-0.25, -0.2) is 0 Å². The van der Waals surface area contributed by atoms with E-state index >= 15 is 0 Å². The van der Waals surface area contributed by atoms with E-state index in [1.807, 2.05) is 18.2 Å². The average molecular weight is 341 g/mol. The van der Waals surface area contributed by atoms with Gasteiger partial charge in [0.2, 0.25) is 0 Å². The topological polar surface area (TPSA) is 35.6 Å². The summed E-state index contributed by atoms with van der Waals surface area (Å²) >= 11 is 1.66. The third kappa shape index (κ3) is 3.06. The maximum Gasteiger partial charge on any atom is 0.265 e. The molecule has 1 N–H and O–H groups in total. The van der Waals surface area contributed by atoms with Crippen LogP contribution in [0.25, 0.3) is 0 Å². The molecular weight excluding hydrogens is 318 g/mol. The van der Waals surface area contributed by atoms with E-state index < -0.39 is 0 Å². The van der Waals surface area contributed by atoms with Gasteiger partial charge in [0, 0.05) is 31.1 Å². The Labute approximate surface area is 147 Å². The summed E-state index contributed by atoms with van der Waals surface area (Å²) in [4.78, 5) is 19.6. The van der Waals surface area contributed by atoms with Crippen LogP contribution >= 0.6 is 11.3 Å². The number of rotatable bonds is 3. The first kappa shape index (κ1) is 15.7. The zero-order valence-electron chi connectivity index (χ0n) is 14.0. The average Bonchev–Trinajstić information content (AvgIpc) is 3.18. The number of anilines is 2. The SMILES string of the molecule is CN1CCN(c2ccccc2NC(=O)c2cc3c(s2)CCC3)CC1. The molecule has 126 valence electrons. The van der Waals surface area contributed by atoms with Crippen molar-refractivity contribution in [3.8, 4) is 0 Å². The molecule has 1 aliphatic carbocycles. The third-order valence-corrected chi connectivity index (χ3v) is 6.20. The molecule has 0 spiro atoms. The standard InChI is InChI=1S/C19H23N3OS/c1-21-9-11-22(12-10-21)16-7-3-2-6-15(16)20-19(23)18-13-14-5-4-8-17(14)24-18/h2-3,6-7,13H,4-5,8-12H2,1H3,(H,20,23). The molecule has 5 heteroatoms. The third-order valence-electron chi connectivity index (χ3n) is 4.97. The fourth-order valence-corrected chi connectivity index (χ4v) is 4.68. The molecule has 0 atom stereocenters. The summed E-state index contributed by atoms with van der Waals surface area (Å²) in [6.07, 6.45) is 3.48. The number of carbonyl (C=O) groups excluding carboxylic acids is 1. The minimum atomic E-state index is 0.0241. The molecule has 4 rings (SSSR count). The maximum atomic E-state index is 12.7. The summed E-state index contributed by atoms with van der Waals surface area (Å²) in [5.74, 6) is 0.0241. The molecule has 2 heterocycles. The van der Waals surface area contributed by atoms with Crippen LogP contribution in [0.2, 0.25) is 0 Å². The Morgan fingerprint density at radius 3 is 2.71 bits per heavy atom. The van der Waals surface area contributed by atoms with Crippen LogP contribution in [0.5, 0.6) is 0 Å². The lowest BCUT2D eigenvalue weighted by molar-refractivity contribution is 0.103. The van der Waals surface area contributed by atoms with Crippen LogP contribution in [0, 0.1) is 0 Å². The second-order valence-electron chi connectivity index (χ2n) is 6.67. The number of aryl methyl sites for hydroxylation is 2. The number of nitrogens with one attached hydrogen (secondary N) is 1. The number of nitrogens with zero attached hydrogens (tertiary/aromatic N) is 2. The lowest BCUT2D eigenvalue weighted by atomic mass is 10.2. The lowest BCUT2D eigenvalue weighted by Gasteiger charge is -2.35. The fourth-order valence-electron chi connectivity index (χ4n) is 3.53. The molecule has 0 bridgehead atoms. The van der Waals surface area contributed by atoms with Gasteiger partial charge in [-0.15, -0.1) is 11.3 Å². The van der Waals surface area contributed by atoms with Gasteiger partial charge in [-0.05, 0) is 50.1 Å². The monoisotopic (exact) mass is 341 g/mol. The molecule has 1 aliphatic heterocycles. The summed E-state index contributed by atoms with van der Waals surface area (Å²) in [6.45, 7) is 4.10. The van der Waals surface area contributed by atoms with Gasteiger partial charge in [-0.3, -0.25) is 4.79 Å². The highest BCUT2D eigenvalue weighted by molar-refractivity contribution is 7.14. The van der Waals surface area contributed by atoms with E-state index in [0.29, 0.717) is 0 Å². The van der Waals surface area contributed by atoms with Gasteiger partial charge in [0.15, 0.2) is 0 Å². The van der Waals surface area contributed by atoms with Crippen LogP contribution in [-0.4, -0.2) is 44.0 Å². The normalized spacial score (nSPS) is 17.8. The molecule has 0 unspecified atom stereocenters. The molecule has 4 nitrogen and oxygen atoms in total. The molecule has 1 aromatic carbocycles. The molecule has 0 saturated carbocycles. The lowest BCUT2D eigenvalue weighted by Crippen LogP contribution is -2.44. The van der Waals surface area contributed by atoms with Gasteiger partial charge in [-0.1, -0.05) is 12.1 Å². The van der Waals surface area contributed by atoms with Crippen molar-refractivity contribution in [1.29, 1.82) is 0 Å². The second-order valence-corrected chi connectivity index (χ2v) is 7.81. The molecule has 1 aromatic heterocycles. The van der Waals surface area contributed by atoms with E-state index in [0.717, 1.165) is 55.3 Å². The first-order valence-corrected chi connectivity index (χ1v) is 9.48. The highest BCUT2D eigenvalue weighted by Gasteiger charge is 2.21. The van der Waals surface area contributed by atoms with E-state index in [4.69, 9.17) is 0 Å². The van der Waals surface area contributed by atoms with Crippen molar-refractivity contribution in [2.75, 3.05) is 43.4 Å². The number of piperazine rings is 1. The second kappa shape index (κ2) is 6.57. The van der Waals surface area contributed by atoms with E-state index in [2.05, 4.69) is 34.3 Å². The highest BCUT2D eigenvalue weighted by atomic mass is 32.1. The Balaban J connectivity index is 1.52. The maximum absolute atomic E-state index is 12.7. The minimum absolute atomic E-state index is 0.0241. The van der Waals surface area contributed by atoms with E-state index in [-0.39, 0.29) is 5.91 Å². The van der Waals surface area contributed by atoms with Crippen LogP contribution in [-0.2, 0) is 12.8 Å². The smallest absolute Gasteiger partial charge is 0.265 e. The predicted octanol–water partition coefficient (Wildman–Crippen LogP) is 3.24. The Bertz CT molecular complexity index is 725. The van der Waals surface area contributed by atoms with Crippen LogP contribution < -0.4 is 10.2 Å². The van der Waals surface area contributed by atoms with Gasteiger partial charge < -0.3 is 15.1 Å². The van der Waals surface area contributed by atoms with Gasteiger partial charge in [0.25, 0.3) is 5.91 Å². The Kier molecular flexibility index (Phi) is 4.29. The van der Waals surface area contributed by atoms with Crippen molar-refractivity contribution in [1.82, 2.24) is 4.90 Å². The highest BCUT2D eigenvalue weighted by Crippen LogP contribution is 2.32. The van der Waals surface area contributed by atoms with E-state index in [9.17, 15) is 4.79 Å². The summed E-state index contributed by atoms with van der Waals surface area (Å²) in [7, 11) is 2.15. The van der Waals surface area contributed by atoms with Crippen molar-refractivity contribution in [3.63, 3.8) is 0 Å². The molecule has 1 saturated heterocycles. The molecular formula is C19H23N3OS. The molecule has 1 amide bonds. The quantitative estimate of drug-likeness (QED) is 0.931. The van der Waals surface area contributed by atoms with Crippen LogP contribution in [0.4, 0.5) is 11.4 Å². The van der Waals surface area contributed by atoms with Crippen molar-refractivity contribution in [2.45, 2.75) is 19.3 Å². The van der Waals surface area contributed by atoms with Crippen molar-refractivity contribution in [3.05, 3.63) is 45.6 Å². The van der Waals surface area contributed by atoms with Crippen molar-refractivity contribution < 1.29 is 4.79 Å². The number of fused-ring (bicyclic) bond motifs is 1. The number of para-hydroxylation sites is 2. The molecule has 1 fully saturated rings. The van der Waals surface area contributed by atoms with Gasteiger partial charge >= 0.3 is 0 Å². The number of amides is 1. The number of likely N-dealkylation sites (N-methyl/N-ethyl adjacent to an activating group) is 1. The van der Waals surface area contributed by atoms with E-state index in [1.165, 1.54) is 16.9 Å². The van der Waals surface area contributed by atoms with Crippen molar-refractivity contribution in [2.24, 2.45) is 0 Å². The first-order valence-electron chi connectivity index (χ1n) is 8.66.